The van der Waals surface area contributed by atoms with E-state index in [0.29, 0.717) is 5.56 Å². The van der Waals surface area contributed by atoms with E-state index < -0.39 is 6.43 Å². The van der Waals surface area contributed by atoms with E-state index in [1.54, 1.807) is 0 Å². The van der Waals surface area contributed by atoms with Gasteiger partial charge in [-0.1, -0.05) is 0 Å². The second kappa shape index (κ2) is 3.66. The zero-order valence-corrected chi connectivity index (χ0v) is 7.22. The molecule has 0 atom stereocenters. The lowest BCUT2D eigenvalue weighted by molar-refractivity contribution is 0.149. The highest BCUT2D eigenvalue weighted by Gasteiger charge is 2.17. The Kier molecular flexibility index (Phi) is 2.77. The first-order valence-electron chi connectivity index (χ1n) is 3.80. The topological polar surface area (TPSA) is 64.9 Å². The van der Waals surface area contributed by atoms with Gasteiger partial charge in [-0.15, -0.1) is 0 Å². The van der Waals surface area contributed by atoms with Gasteiger partial charge >= 0.3 is 0 Å². The van der Waals surface area contributed by atoms with Crippen LogP contribution in [0.4, 0.5) is 14.5 Å². The molecule has 1 heterocycles. The minimum Gasteiger partial charge on any atom is -0.397 e. The molecule has 0 aliphatic rings. The van der Waals surface area contributed by atoms with Crippen LogP contribution in [-0.4, -0.2) is 4.98 Å². The summed E-state index contributed by atoms with van der Waals surface area (Å²) in [7, 11) is 0. The summed E-state index contributed by atoms with van der Waals surface area (Å²) in [5.74, 6) is 0. The van der Waals surface area contributed by atoms with Gasteiger partial charge in [0.15, 0.2) is 0 Å². The number of halogens is 2. The maximum Gasteiger partial charge on any atom is 0.265 e. The number of alkyl halides is 2. The zero-order valence-electron chi connectivity index (χ0n) is 7.22. The third kappa shape index (κ3) is 1.75. The highest BCUT2D eigenvalue weighted by Crippen LogP contribution is 2.28. The number of aromatic nitrogens is 1. The maximum absolute atomic E-state index is 12.5. The largest absolute Gasteiger partial charge is 0.397 e. The number of hydrogen-bond acceptors (Lipinski definition) is 3. The van der Waals surface area contributed by atoms with Crippen LogP contribution in [0, 0.1) is 6.92 Å². The van der Waals surface area contributed by atoms with Crippen LogP contribution < -0.4 is 11.5 Å². The Balaban J connectivity index is 3.35. The number of nitrogen functional groups attached to an aromatic ring is 1. The summed E-state index contributed by atoms with van der Waals surface area (Å²) < 4.78 is 25.0. The molecule has 0 aromatic carbocycles. The predicted octanol–water partition coefficient (Wildman–Crippen LogP) is 1.37. The molecular weight excluding hydrogens is 176 g/mol. The van der Waals surface area contributed by atoms with Gasteiger partial charge in [0.1, 0.15) is 0 Å². The lowest BCUT2D eigenvalue weighted by atomic mass is 10.1. The lowest BCUT2D eigenvalue weighted by Crippen LogP contribution is -2.09. The molecule has 0 saturated carbocycles. The van der Waals surface area contributed by atoms with Crippen LogP contribution >= 0.6 is 0 Å². The second-order valence-electron chi connectivity index (χ2n) is 2.70. The first kappa shape index (κ1) is 9.85. The van der Waals surface area contributed by atoms with Crippen LogP contribution in [0.3, 0.4) is 0 Å². The average Bonchev–Trinajstić information content (AvgIpc) is 2.07. The standard InChI is InChI=1S/C8H11F2N3/c1-4-7(8(9)10)5(2-11)6(12)3-13-4/h3,8H,2,11-12H2,1H3. The number of anilines is 1. The van der Waals surface area contributed by atoms with E-state index in [2.05, 4.69) is 4.98 Å². The number of pyridine rings is 1. The van der Waals surface area contributed by atoms with Gasteiger partial charge in [0.2, 0.25) is 0 Å². The maximum atomic E-state index is 12.5. The minimum atomic E-state index is -2.57. The van der Waals surface area contributed by atoms with Crippen molar-refractivity contribution < 1.29 is 8.78 Å². The van der Waals surface area contributed by atoms with E-state index in [1.807, 2.05) is 0 Å². The van der Waals surface area contributed by atoms with Crippen molar-refractivity contribution in [2.75, 3.05) is 5.73 Å². The van der Waals surface area contributed by atoms with Crippen LogP contribution in [0.15, 0.2) is 6.20 Å². The van der Waals surface area contributed by atoms with E-state index in [4.69, 9.17) is 11.5 Å². The third-order valence-corrected chi connectivity index (χ3v) is 1.88. The van der Waals surface area contributed by atoms with E-state index in [0.717, 1.165) is 0 Å². The van der Waals surface area contributed by atoms with Crippen molar-refractivity contribution in [3.05, 3.63) is 23.0 Å². The molecule has 3 nitrogen and oxygen atoms in total. The van der Waals surface area contributed by atoms with Crippen LogP contribution in [0.25, 0.3) is 0 Å². The number of nitrogens with two attached hydrogens (primary N) is 2. The van der Waals surface area contributed by atoms with Gasteiger partial charge in [-0.05, 0) is 6.92 Å². The van der Waals surface area contributed by atoms with E-state index in [1.165, 1.54) is 13.1 Å². The second-order valence-corrected chi connectivity index (χ2v) is 2.70. The molecule has 0 amide bonds. The molecule has 0 bridgehead atoms. The molecule has 72 valence electrons. The van der Waals surface area contributed by atoms with Crippen LogP contribution in [-0.2, 0) is 6.54 Å². The fourth-order valence-electron chi connectivity index (χ4n) is 1.21. The smallest absolute Gasteiger partial charge is 0.265 e. The molecule has 0 saturated heterocycles. The highest BCUT2D eigenvalue weighted by molar-refractivity contribution is 5.50. The van der Waals surface area contributed by atoms with Crippen molar-refractivity contribution in [2.45, 2.75) is 19.9 Å². The van der Waals surface area contributed by atoms with Crippen molar-refractivity contribution in [2.24, 2.45) is 5.73 Å². The van der Waals surface area contributed by atoms with Crippen molar-refractivity contribution >= 4 is 5.69 Å². The number of aryl methyl sites for hydroxylation is 1. The minimum absolute atomic E-state index is 0.00880. The Hall–Kier alpha value is -1.23. The fourth-order valence-corrected chi connectivity index (χ4v) is 1.21. The molecule has 1 aromatic heterocycles. The first-order valence-corrected chi connectivity index (χ1v) is 3.80. The predicted molar refractivity (Wildman–Crippen MR) is 46.2 cm³/mol. The Labute approximate surface area is 74.8 Å². The zero-order chi connectivity index (χ0) is 10.0. The summed E-state index contributed by atoms with van der Waals surface area (Å²) in [6.45, 7) is 1.52. The summed E-state index contributed by atoms with van der Waals surface area (Å²) in [6.07, 6.45) is -1.22. The van der Waals surface area contributed by atoms with E-state index >= 15 is 0 Å². The summed E-state index contributed by atoms with van der Waals surface area (Å²) >= 11 is 0. The van der Waals surface area contributed by atoms with Crippen molar-refractivity contribution in [1.82, 2.24) is 4.98 Å². The molecule has 0 aliphatic heterocycles. The van der Waals surface area contributed by atoms with Crippen molar-refractivity contribution in [1.29, 1.82) is 0 Å². The SMILES string of the molecule is Cc1ncc(N)c(CN)c1C(F)F. The van der Waals surface area contributed by atoms with Gasteiger partial charge in [-0.2, -0.15) is 0 Å². The van der Waals surface area contributed by atoms with Crippen molar-refractivity contribution in [3.63, 3.8) is 0 Å². The van der Waals surface area contributed by atoms with Crippen LogP contribution in [0.1, 0.15) is 23.2 Å². The van der Waals surface area contributed by atoms with Gasteiger partial charge in [-0.25, -0.2) is 8.78 Å². The van der Waals surface area contributed by atoms with E-state index in [-0.39, 0.29) is 23.5 Å². The highest BCUT2D eigenvalue weighted by atomic mass is 19.3. The molecule has 0 aliphatic carbocycles. The van der Waals surface area contributed by atoms with Gasteiger partial charge in [0.05, 0.1) is 11.9 Å². The van der Waals surface area contributed by atoms with Gasteiger partial charge in [0, 0.05) is 23.4 Å². The molecule has 13 heavy (non-hydrogen) atoms. The third-order valence-electron chi connectivity index (χ3n) is 1.88. The number of nitrogens with zero attached hydrogens (tertiary/aromatic N) is 1. The summed E-state index contributed by atoms with van der Waals surface area (Å²) in [6, 6.07) is 0. The molecule has 1 aromatic rings. The first-order chi connectivity index (χ1) is 6.07. The Morgan fingerprint density at radius 3 is 2.54 bits per heavy atom. The van der Waals surface area contributed by atoms with E-state index in [9.17, 15) is 8.78 Å². The van der Waals surface area contributed by atoms with Gasteiger partial charge in [0.25, 0.3) is 6.43 Å². The van der Waals surface area contributed by atoms with Gasteiger partial charge in [-0.3, -0.25) is 4.98 Å². The quantitative estimate of drug-likeness (QED) is 0.734. The van der Waals surface area contributed by atoms with Crippen LogP contribution in [0.2, 0.25) is 0 Å². The number of rotatable bonds is 2. The monoisotopic (exact) mass is 187 g/mol. The van der Waals surface area contributed by atoms with Crippen LogP contribution in [0.5, 0.6) is 0 Å². The lowest BCUT2D eigenvalue weighted by Gasteiger charge is -2.11. The number of hydrogen-bond donors (Lipinski definition) is 2. The molecule has 4 N–H and O–H groups in total. The molecular formula is C8H11F2N3. The Bertz CT molecular complexity index is 313. The molecule has 0 spiro atoms. The Morgan fingerprint density at radius 1 is 1.54 bits per heavy atom. The normalized spacial score (nSPS) is 10.8. The molecule has 1 rings (SSSR count). The van der Waals surface area contributed by atoms with Crippen molar-refractivity contribution in [3.8, 4) is 0 Å². The molecule has 0 radical (unpaired) electrons. The molecule has 5 heteroatoms. The van der Waals surface area contributed by atoms with Gasteiger partial charge < -0.3 is 11.5 Å². The fraction of sp³-hybridized carbons (Fsp3) is 0.375. The average molecular weight is 187 g/mol. The summed E-state index contributed by atoms with van der Waals surface area (Å²) in [4.78, 5) is 3.75. The molecule has 0 fully saturated rings. The Morgan fingerprint density at radius 2 is 2.15 bits per heavy atom. The summed E-state index contributed by atoms with van der Waals surface area (Å²) in [5.41, 5.74) is 11.4. The summed E-state index contributed by atoms with van der Waals surface area (Å²) in [5, 5.41) is 0. The molecule has 0 unspecified atom stereocenters.